The van der Waals surface area contributed by atoms with Gasteiger partial charge in [-0.2, -0.15) is 0 Å². The second kappa shape index (κ2) is 5.04. The Labute approximate surface area is 68.7 Å². The fourth-order valence-corrected chi connectivity index (χ4v) is 0.656. The van der Waals surface area contributed by atoms with Gasteiger partial charge in [-0.15, -0.1) is 0 Å². The first-order valence-electron chi connectivity index (χ1n) is 3.34. The highest BCUT2D eigenvalue weighted by Gasteiger charge is 2.23. The average molecular weight is 179 g/mol. The molecule has 4 N–H and O–H groups in total. The minimum absolute atomic E-state index is 0.745. The van der Waals surface area contributed by atoms with Gasteiger partial charge in [0.1, 0.15) is 12.2 Å². The Morgan fingerprint density at radius 2 is 1.75 bits per heavy atom. The van der Waals surface area contributed by atoms with E-state index in [0.717, 1.165) is 0 Å². The van der Waals surface area contributed by atoms with Gasteiger partial charge in [0.15, 0.2) is 0 Å². The Hall–Kier alpha value is -0.690. The molecular formula is C6H11O6-. The van der Waals surface area contributed by atoms with E-state index in [0.29, 0.717) is 0 Å². The lowest BCUT2D eigenvalue weighted by molar-refractivity contribution is -0.308. The number of aliphatic hydroxyl groups excluding tert-OH is 4. The predicted molar refractivity (Wildman–Crippen MR) is 34.7 cm³/mol. The number of carbonyl (C=O) groups is 1. The first kappa shape index (κ1) is 11.3. The number of carboxylic acid groups (broad SMARTS) is 1. The maximum atomic E-state index is 9.90. The van der Waals surface area contributed by atoms with Gasteiger partial charge >= 0.3 is 0 Å². The number of hydrogen-bond donors (Lipinski definition) is 4. The van der Waals surface area contributed by atoms with Crippen LogP contribution in [0.1, 0.15) is 6.42 Å². The molecule has 0 heterocycles. The van der Waals surface area contributed by atoms with Crippen molar-refractivity contribution in [3.63, 3.8) is 0 Å². The van der Waals surface area contributed by atoms with Crippen molar-refractivity contribution in [2.45, 2.75) is 24.7 Å². The highest BCUT2D eigenvalue weighted by Crippen LogP contribution is 2.02. The quantitative estimate of drug-likeness (QED) is 0.343. The number of carbonyl (C=O) groups excluding carboxylic acids is 1. The number of aliphatic carboxylic acids is 1. The highest BCUT2D eigenvalue weighted by atomic mass is 16.4. The minimum atomic E-state index is -1.67. The third-order valence-corrected chi connectivity index (χ3v) is 1.35. The normalized spacial score (nSPS) is 18.3. The molecular weight excluding hydrogens is 168 g/mol. The summed E-state index contributed by atoms with van der Waals surface area (Å²) in [5.41, 5.74) is 0. The minimum Gasteiger partial charge on any atom is -0.550 e. The monoisotopic (exact) mass is 179 g/mol. The molecule has 0 aromatic rings. The number of carboxylic acids is 1. The lowest BCUT2D eigenvalue weighted by atomic mass is 10.1. The van der Waals surface area contributed by atoms with Crippen LogP contribution in [0.4, 0.5) is 0 Å². The molecule has 6 nitrogen and oxygen atoms in total. The smallest absolute Gasteiger partial charge is 0.108 e. The van der Waals surface area contributed by atoms with E-state index in [1.807, 2.05) is 0 Å². The summed E-state index contributed by atoms with van der Waals surface area (Å²) in [4.78, 5) is 9.90. The zero-order valence-corrected chi connectivity index (χ0v) is 6.25. The molecule has 0 unspecified atom stereocenters. The Kier molecular flexibility index (Phi) is 4.75. The maximum Gasteiger partial charge on any atom is 0.108 e. The van der Waals surface area contributed by atoms with E-state index in [1.165, 1.54) is 0 Å². The molecule has 0 amide bonds. The van der Waals surface area contributed by atoms with Gasteiger partial charge < -0.3 is 30.3 Å². The van der Waals surface area contributed by atoms with Crippen LogP contribution >= 0.6 is 0 Å². The number of rotatable bonds is 5. The van der Waals surface area contributed by atoms with Crippen molar-refractivity contribution >= 4 is 5.97 Å². The fourth-order valence-electron chi connectivity index (χ4n) is 0.656. The van der Waals surface area contributed by atoms with Gasteiger partial charge in [-0.05, 0) is 0 Å². The van der Waals surface area contributed by atoms with Crippen molar-refractivity contribution in [2.75, 3.05) is 6.61 Å². The van der Waals surface area contributed by atoms with Crippen molar-refractivity contribution in [3.8, 4) is 0 Å². The standard InChI is InChI=1S/C6H12O6/c7-2-4(9)6(12)3(8)1-5(10)11/h3-4,6-9,12H,1-2H2,(H,10,11)/p-1/t3-,4+,6+/m0/s1. The Balaban J connectivity index is 3.91. The van der Waals surface area contributed by atoms with Crippen molar-refractivity contribution in [1.29, 1.82) is 0 Å². The summed E-state index contributed by atoms with van der Waals surface area (Å²) in [5.74, 6) is -1.54. The third-order valence-electron chi connectivity index (χ3n) is 1.35. The molecule has 0 aliphatic rings. The zero-order chi connectivity index (χ0) is 9.72. The molecule has 3 atom stereocenters. The Morgan fingerprint density at radius 3 is 2.08 bits per heavy atom. The molecule has 0 saturated carbocycles. The molecule has 0 radical (unpaired) electrons. The zero-order valence-electron chi connectivity index (χ0n) is 6.25. The molecule has 0 bridgehead atoms. The predicted octanol–water partition coefficient (Wildman–Crippen LogP) is -3.80. The van der Waals surface area contributed by atoms with E-state index in [4.69, 9.17) is 20.4 Å². The molecule has 0 saturated heterocycles. The number of aliphatic hydroxyl groups is 4. The highest BCUT2D eigenvalue weighted by molar-refractivity contribution is 5.64. The SMILES string of the molecule is O=C([O-])C[C@H](O)[C@@H](O)[C@H](O)CO. The summed E-state index contributed by atoms with van der Waals surface area (Å²) >= 11 is 0. The molecule has 0 spiro atoms. The second-order valence-corrected chi connectivity index (χ2v) is 2.38. The molecule has 12 heavy (non-hydrogen) atoms. The van der Waals surface area contributed by atoms with Crippen molar-refractivity contribution in [3.05, 3.63) is 0 Å². The van der Waals surface area contributed by atoms with E-state index < -0.39 is 37.3 Å². The molecule has 0 aliphatic heterocycles. The third kappa shape index (κ3) is 3.63. The Morgan fingerprint density at radius 1 is 1.25 bits per heavy atom. The average Bonchev–Trinajstić information content (AvgIpc) is 2.00. The maximum absolute atomic E-state index is 9.90. The Bertz CT molecular complexity index is 147. The van der Waals surface area contributed by atoms with Crippen LogP contribution in [0, 0.1) is 0 Å². The first-order valence-corrected chi connectivity index (χ1v) is 3.34. The molecule has 0 fully saturated rings. The van der Waals surface area contributed by atoms with Gasteiger partial charge in [0.05, 0.1) is 12.7 Å². The van der Waals surface area contributed by atoms with Crippen LogP contribution in [0.5, 0.6) is 0 Å². The molecule has 0 aromatic heterocycles. The van der Waals surface area contributed by atoms with Crippen LogP contribution in [-0.2, 0) is 4.79 Å². The van der Waals surface area contributed by atoms with Gasteiger partial charge in [0.25, 0.3) is 0 Å². The van der Waals surface area contributed by atoms with E-state index >= 15 is 0 Å². The van der Waals surface area contributed by atoms with Crippen molar-refractivity contribution < 1.29 is 30.3 Å². The molecule has 0 aromatic carbocycles. The first-order chi connectivity index (χ1) is 5.49. The van der Waals surface area contributed by atoms with Gasteiger partial charge in [0, 0.05) is 12.4 Å². The van der Waals surface area contributed by atoms with Gasteiger partial charge in [0.2, 0.25) is 0 Å². The van der Waals surface area contributed by atoms with E-state index in [1.54, 1.807) is 0 Å². The van der Waals surface area contributed by atoms with E-state index in [9.17, 15) is 9.90 Å². The summed E-state index contributed by atoms with van der Waals surface area (Å²) in [6.07, 6.45) is -5.62. The lowest BCUT2D eigenvalue weighted by Gasteiger charge is -2.21. The largest absolute Gasteiger partial charge is 0.550 e. The number of hydrogen-bond acceptors (Lipinski definition) is 6. The van der Waals surface area contributed by atoms with Crippen LogP contribution in [0.2, 0.25) is 0 Å². The van der Waals surface area contributed by atoms with Gasteiger partial charge in [-0.25, -0.2) is 0 Å². The lowest BCUT2D eigenvalue weighted by Crippen LogP contribution is -2.42. The van der Waals surface area contributed by atoms with Gasteiger partial charge in [-0.3, -0.25) is 0 Å². The fraction of sp³-hybridized carbons (Fsp3) is 0.833. The molecule has 72 valence electrons. The van der Waals surface area contributed by atoms with E-state index in [2.05, 4.69) is 0 Å². The van der Waals surface area contributed by atoms with Crippen LogP contribution < -0.4 is 5.11 Å². The van der Waals surface area contributed by atoms with Crippen molar-refractivity contribution in [2.24, 2.45) is 0 Å². The van der Waals surface area contributed by atoms with Crippen LogP contribution in [0.3, 0.4) is 0 Å². The second-order valence-electron chi connectivity index (χ2n) is 2.38. The van der Waals surface area contributed by atoms with Crippen LogP contribution in [-0.4, -0.2) is 51.3 Å². The molecule has 6 heteroatoms. The van der Waals surface area contributed by atoms with Crippen LogP contribution in [0.25, 0.3) is 0 Å². The molecule has 0 aliphatic carbocycles. The molecule has 0 rings (SSSR count). The summed E-state index contributed by atoms with van der Waals surface area (Å²) in [6.45, 7) is -0.745. The van der Waals surface area contributed by atoms with Gasteiger partial charge in [-0.1, -0.05) is 0 Å². The van der Waals surface area contributed by atoms with E-state index in [-0.39, 0.29) is 0 Å². The van der Waals surface area contributed by atoms with Crippen molar-refractivity contribution in [1.82, 2.24) is 0 Å². The summed E-state index contributed by atoms with van der Waals surface area (Å²) in [5, 5.41) is 44.7. The topological polar surface area (TPSA) is 121 Å². The summed E-state index contributed by atoms with van der Waals surface area (Å²) in [7, 11) is 0. The summed E-state index contributed by atoms with van der Waals surface area (Å²) in [6, 6.07) is 0. The van der Waals surface area contributed by atoms with Crippen LogP contribution in [0.15, 0.2) is 0 Å². The summed E-state index contributed by atoms with van der Waals surface area (Å²) < 4.78 is 0.